The molecule has 0 radical (unpaired) electrons. The van der Waals surface area contributed by atoms with Crippen LogP contribution in [0.4, 0.5) is 0 Å². The number of ether oxygens (including phenoxy) is 1. The van der Waals surface area contributed by atoms with Gasteiger partial charge in [0.15, 0.2) is 0 Å². The van der Waals surface area contributed by atoms with Crippen molar-refractivity contribution < 1.29 is 14.3 Å². The van der Waals surface area contributed by atoms with Crippen molar-refractivity contribution in [2.75, 3.05) is 12.4 Å². The number of hydrogen-bond donors (Lipinski definition) is 0. The third-order valence-electron chi connectivity index (χ3n) is 7.65. The molecule has 42 heavy (non-hydrogen) atoms. The zero-order valence-electron chi connectivity index (χ0n) is 23.1. The molecule has 1 aliphatic heterocycles. The predicted octanol–water partition coefficient (Wildman–Crippen LogP) is 7.59. The first-order valence-corrected chi connectivity index (χ1v) is 15.1. The standard InChI is InChI=1S/C37H31NO3S/c39-35-33-23-13-14-24-34(33)36(40)38(35)32(26-41-25-28-15-5-1-6-16-28)27-42-37(29-17-7-2-8-18-29,30-19-9-3-10-20-30)31-21-11-4-12-22-31/h1-24,32H,25-27H2. The van der Waals surface area contributed by atoms with Crippen LogP contribution in [-0.4, -0.2) is 35.1 Å². The summed E-state index contributed by atoms with van der Waals surface area (Å²) >= 11 is 1.73. The SMILES string of the molecule is O=C1c2ccccc2C(=O)N1C(COCc1ccccc1)CSC(c1ccccc1)(c1ccccc1)c1ccccc1. The lowest BCUT2D eigenvalue weighted by molar-refractivity contribution is 0.0405. The van der Waals surface area contributed by atoms with E-state index in [4.69, 9.17) is 4.74 Å². The van der Waals surface area contributed by atoms with Gasteiger partial charge in [-0.1, -0.05) is 133 Å². The minimum atomic E-state index is -0.583. The number of rotatable bonds is 11. The van der Waals surface area contributed by atoms with E-state index in [2.05, 4.69) is 72.8 Å². The van der Waals surface area contributed by atoms with Gasteiger partial charge in [0, 0.05) is 5.75 Å². The molecule has 5 aromatic carbocycles. The molecule has 2 amide bonds. The Morgan fingerprint density at radius 1 is 0.571 bits per heavy atom. The summed E-state index contributed by atoms with van der Waals surface area (Å²) < 4.78 is 5.63. The monoisotopic (exact) mass is 569 g/mol. The zero-order chi connectivity index (χ0) is 28.8. The maximum absolute atomic E-state index is 13.7. The Labute approximate surface area is 251 Å². The predicted molar refractivity (Wildman–Crippen MR) is 168 cm³/mol. The fourth-order valence-corrected chi connectivity index (χ4v) is 7.21. The van der Waals surface area contributed by atoms with Crippen molar-refractivity contribution in [2.45, 2.75) is 17.4 Å². The molecular weight excluding hydrogens is 538 g/mol. The van der Waals surface area contributed by atoms with Crippen molar-refractivity contribution in [3.8, 4) is 0 Å². The maximum Gasteiger partial charge on any atom is 0.261 e. The second-order valence-corrected chi connectivity index (χ2v) is 11.5. The van der Waals surface area contributed by atoms with Crippen LogP contribution in [0, 0.1) is 0 Å². The van der Waals surface area contributed by atoms with Crippen molar-refractivity contribution in [3.05, 3.63) is 179 Å². The number of imide groups is 1. The van der Waals surface area contributed by atoms with E-state index in [0.717, 1.165) is 22.3 Å². The minimum Gasteiger partial charge on any atom is -0.375 e. The number of hydrogen-bond acceptors (Lipinski definition) is 4. The highest BCUT2D eigenvalue weighted by Crippen LogP contribution is 2.49. The first-order valence-electron chi connectivity index (χ1n) is 14.1. The van der Waals surface area contributed by atoms with E-state index in [1.54, 1.807) is 36.0 Å². The molecule has 1 unspecified atom stereocenters. The van der Waals surface area contributed by atoms with E-state index in [1.807, 2.05) is 48.5 Å². The largest absolute Gasteiger partial charge is 0.375 e. The van der Waals surface area contributed by atoms with Gasteiger partial charge in [-0.2, -0.15) is 0 Å². The van der Waals surface area contributed by atoms with Gasteiger partial charge in [-0.25, -0.2) is 0 Å². The van der Waals surface area contributed by atoms with Crippen molar-refractivity contribution in [2.24, 2.45) is 0 Å². The Hall–Kier alpha value is -4.45. The fourth-order valence-electron chi connectivity index (χ4n) is 5.61. The van der Waals surface area contributed by atoms with Crippen LogP contribution in [-0.2, 0) is 16.1 Å². The summed E-state index contributed by atoms with van der Waals surface area (Å²) in [5.41, 5.74) is 5.30. The van der Waals surface area contributed by atoms with Crippen LogP contribution in [0.25, 0.3) is 0 Å². The van der Waals surface area contributed by atoms with Crippen LogP contribution in [0.2, 0.25) is 0 Å². The van der Waals surface area contributed by atoms with E-state index in [0.29, 0.717) is 23.5 Å². The van der Waals surface area contributed by atoms with E-state index in [1.165, 1.54) is 4.90 Å². The molecule has 0 aromatic heterocycles. The molecular formula is C37H31NO3S. The molecule has 1 aliphatic rings. The summed E-state index contributed by atoms with van der Waals surface area (Å²) in [4.78, 5) is 28.7. The normalized spacial score (nSPS) is 13.7. The van der Waals surface area contributed by atoms with E-state index < -0.39 is 10.8 Å². The maximum atomic E-state index is 13.7. The van der Waals surface area contributed by atoms with Crippen molar-refractivity contribution in [1.82, 2.24) is 4.90 Å². The third kappa shape index (κ3) is 5.41. The van der Waals surface area contributed by atoms with E-state index >= 15 is 0 Å². The smallest absolute Gasteiger partial charge is 0.261 e. The molecule has 5 heteroatoms. The molecule has 0 saturated heterocycles. The van der Waals surface area contributed by atoms with E-state index in [9.17, 15) is 9.59 Å². The second-order valence-electron chi connectivity index (χ2n) is 10.3. The molecule has 1 heterocycles. The van der Waals surface area contributed by atoms with Gasteiger partial charge in [-0.05, 0) is 34.4 Å². The van der Waals surface area contributed by atoms with Crippen LogP contribution in [0.5, 0.6) is 0 Å². The topological polar surface area (TPSA) is 46.6 Å². The molecule has 4 nitrogen and oxygen atoms in total. The Bertz CT molecular complexity index is 1510. The Kier molecular flexibility index (Phi) is 8.31. The van der Waals surface area contributed by atoms with Gasteiger partial charge in [0.2, 0.25) is 0 Å². The molecule has 0 N–H and O–H groups in total. The third-order valence-corrected chi connectivity index (χ3v) is 9.34. The highest BCUT2D eigenvalue weighted by atomic mass is 32.2. The van der Waals surface area contributed by atoms with Gasteiger partial charge in [0.1, 0.15) is 0 Å². The van der Waals surface area contributed by atoms with Crippen LogP contribution in [0.1, 0.15) is 43.0 Å². The molecule has 0 spiro atoms. The molecule has 6 rings (SSSR count). The molecule has 0 fully saturated rings. The van der Waals surface area contributed by atoms with Crippen LogP contribution in [0.15, 0.2) is 146 Å². The number of carbonyl (C=O) groups is 2. The van der Waals surface area contributed by atoms with Gasteiger partial charge in [-0.3, -0.25) is 14.5 Å². The average Bonchev–Trinajstić information content (AvgIpc) is 3.31. The Balaban J connectivity index is 1.39. The molecule has 1 atom stereocenters. The highest BCUT2D eigenvalue weighted by Gasteiger charge is 2.43. The number of amides is 2. The summed E-state index contributed by atoms with van der Waals surface area (Å²) in [5.74, 6) is -0.0673. The van der Waals surface area contributed by atoms with Gasteiger partial charge >= 0.3 is 0 Å². The molecule has 5 aromatic rings. The first kappa shape index (κ1) is 27.7. The number of thioether (sulfide) groups is 1. The van der Waals surface area contributed by atoms with Gasteiger partial charge < -0.3 is 4.74 Å². The summed E-state index contributed by atoms with van der Waals surface area (Å²) in [7, 11) is 0. The lowest BCUT2D eigenvalue weighted by atomic mass is 9.84. The minimum absolute atomic E-state index is 0.224. The van der Waals surface area contributed by atoms with Crippen molar-refractivity contribution >= 4 is 23.6 Å². The summed E-state index contributed by atoms with van der Waals surface area (Å²) in [6.07, 6.45) is 0. The zero-order valence-corrected chi connectivity index (χ0v) is 24.0. The number of fused-ring (bicyclic) bond motifs is 1. The Morgan fingerprint density at radius 2 is 0.976 bits per heavy atom. The molecule has 208 valence electrons. The number of benzene rings is 5. The fraction of sp³-hybridized carbons (Fsp3) is 0.135. The van der Waals surface area contributed by atoms with Crippen molar-refractivity contribution in [3.63, 3.8) is 0 Å². The average molecular weight is 570 g/mol. The van der Waals surface area contributed by atoms with Gasteiger partial charge in [-0.15, -0.1) is 11.8 Å². The van der Waals surface area contributed by atoms with E-state index in [-0.39, 0.29) is 18.4 Å². The second kappa shape index (κ2) is 12.6. The molecule has 0 saturated carbocycles. The summed E-state index contributed by atoms with van der Waals surface area (Å²) in [5, 5.41) is 0. The quantitative estimate of drug-likeness (QED) is 0.121. The molecule has 0 aliphatic carbocycles. The number of carbonyl (C=O) groups excluding carboxylic acids is 2. The van der Waals surface area contributed by atoms with Crippen LogP contribution in [0.3, 0.4) is 0 Å². The highest BCUT2D eigenvalue weighted by molar-refractivity contribution is 8.00. The van der Waals surface area contributed by atoms with Crippen LogP contribution >= 0.6 is 11.8 Å². The molecule has 0 bridgehead atoms. The van der Waals surface area contributed by atoms with Gasteiger partial charge in [0.05, 0.1) is 35.1 Å². The first-order chi connectivity index (χ1) is 20.7. The van der Waals surface area contributed by atoms with Crippen molar-refractivity contribution in [1.29, 1.82) is 0 Å². The number of nitrogens with zero attached hydrogens (tertiary/aromatic N) is 1. The lowest BCUT2D eigenvalue weighted by Crippen LogP contribution is -2.45. The van der Waals surface area contributed by atoms with Gasteiger partial charge in [0.25, 0.3) is 11.8 Å². The summed E-state index contributed by atoms with van der Waals surface area (Å²) in [6, 6.07) is 47.8. The lowest BCUT2D eigenvalue weighted by Gasteiger charge is -2.37. The Morgan fingerprint density at radius 3 is 1.43 bits per heavy atom. The van der Waals surface area contributed by atoms with Crippen LogP contribution < -0.4 is 0 Å². The summed E-state index contributed by atoms with van der Waals surface area (Å²) in [6.45, 7) is 0.619.